The van der Waals surface area contributed by atoms with E-state index in [0.717, 1.165) is 116 Å². The molecule has 0 unspecified atom stereocenters. The van der Waals surface area contributed by atoms with Gasteiger partial charge in [0, 0.05) is 19.3 Å². The molecule has 0 aliphatic carbocycles. The van der Waals surface area contributed by atoms with E-state index in [4.69, 9.17) is 14.2 Å². The number of allylic oxidation sites excluding steroid dienone is 18. The van der Waals surface area contributed by atoms with Crippen molar-refractivity contribution in [2.45, 2.75) is 219 Å². The number of carbonyl (C=O) groups is 3. The summed E-state index contributed by atoms with van der Waals surface area (Å²) in [7, 11) is 0. The number of unbranched alkanes of at least 4 members (excludes halogenated alkanes) is 15. The molecule has 0 aromatic rings. The van der Waals surface area contributed by atoms with Crippen LogP contribution in [-0.4, -0.2) is 37.2 Å². The number of hydrogen-bond donors (Lipinski definition) is 0. The van der Waals surface area contributed by atoms with E-state index in [1.165, 1.54) is 51.4 Å². The summed E-state index contributed by atoms with van der Waals surface area (Å²) >= 11 is 0. The molecular weight excluding hydrogens is 781 g/mol. The first-order valence-corrected chi connectivity index (χ1v) is 25.4. The zero-order chi connectivity index (χ0) is 45.8. The van der Waals surface area contributed by atoms with Crippen molar-refractivity contribution in [1.29, 1.82) is 0 Å². The first kappa shape index (κ1) is 59.1. The van der Waals surface area contributed by atoms with Crippen molar-refractivity contribution in [3.8, 4) is 0 Å². The molecule has 0 saturated heterocycles. The van der Waals surface area contributed by atoms with Gasteiger partial charge in [-0.3, -0.25) is 14.4 Å². The van der Waals surface area contributed by atoms with Crippen LogP contribution in [0.15, 0.2) is 109 Å². The van der Waals surface area contributed by atoms with Gasteiger partial charge in [-0.05, 0) is 109 Å². The first-order chi connectivity index (χ1) is 31.0. The third-order valence-electron chi connectivity index (χ3n) is 10.2. The van der Waals surface area contributed by atoms with Crippen LogP contribution in [0.4, 0.5) is 0 Å². The second kappa shape index (κ2) is 50.7. The van der Waals surface area contributed by atoms with Gasteiger partial charge in [0.2, 0.25) is 0 Å². The zero-order valence-electron chi connectivity index (χ0n) is 40.5. The van der Waals surface area contributed by atoms with Gasteiger partial charge in [-0.1, -0.05) is 194 Å². The summed E-state index contributed by atoms with van der Waals surface area (Å²) in [5.74, 6) is -1.03. The van der Waals surface area contributed by atoms with E-state index >= 15 is 0 Å². The summed E-state index contributed by atoms with van der Waals surface area (Å²) in [6.07, 6.45) is 67.9. The summed E-state index contributed by atoms with van der Waals surface area (Å²) in [5.41, 5.74) is 0. The molecule has 0 heterocycles. The minimum absolute atomic E-state index is 0.113. The smallest absolute Gasteiger partial charge is 0.306 e. The maximum Gasteiger partial charge on any atom is 0.306 e. The van der Waals surface area contributed by atoms with E-state index in [-0.39, 0.29) is 37.5 Å². The van der Waals surface area contributed by atoms with Crippen LogP contribution in [0.25, 0.3) is 0 Å². The molecule has 1 atom stereocenters. The Labute approximate surface area is 387 Å². The van der Waals surface area contributed by atoms with Gasteiger partial charge < -0.3 is 14.2 Å². The molecule has 6 nitrogen and oxygen atoms in total. The third kappa shape index (κ3) is 49.0. The van der Waals surface area contributed by atoms with Gasteiger partial charge in [0.05, 0.1) is 0 Å². The van der Waals surface area contributed by atoms with E-state index in [0.29, 0.717) is 19.3 Å². The number of rotatable bonds is 44. The monoisotopic (exact) mass is 873 g/mol. The summed E-state index contributed by atoms with van der Waals surface area (Å²) in [6, 6.07) is 0. The number of carbonyl (C=O) groups excluding carboxylic acids is 3. The van der Waals surface area contributed by atoms with Gasteiger partial charge in [0.1, 0.15) is 13.2 Å². The fraction of sp³-hybridized carbons (Fsp3) is 0.632. The largest absolute Gasteiger partial charge is 0.462 e. The van der Waals surface area contributed by atoms with E-state index in [9.17, 15) is 14.4 Å². The molecule has 0 bridgehead atoms. The lowest BCUT2D eigenvalue weighted by molar-refractivity contribution is -0.166. The molecule has 356 valence electrons. The van der Waals surface area contributed by atoms with Crippen LogP contribution in [0.5, 0.6) is 0 Å². The highest BCUT2D eigenvalue weighted by Crippen LogP contribution is 2.12. The van der Waals surface area contributed by atoms with Crippen LogP contribution in [0.3, 0.4) is 0 Å². The van der Waals surface area contributed by atoms with Gasteiger partial charge in [0.15, 0.2) is 6.10 Å². The molecule has 0 rings (SSSR count). The second-order valence-electron chi connectivity index (χ2n) is 16.3. The molecule has 0 radical (unpaired) electrons. The summed E-state index contributed by atoms with van der Waals surface area (Å²) in [6.45, 7) is 6.35. The lowest BCUT2D eigenvalue weighted by atomic mass is 10.1. The molecule has 0 aromatic heterocycles. The standard InChI is InChI=1S/C57H92O6/c1-4-7-10-13-16-19-22-25-27-28-29-30-31-33-35-38-41-44-47-50-56(59)62-53-54(52-61-55(58)49-46-43-40-37-34-24-21-18-15-12-9-6-3)63-57(60)51-48-45-42-39-36-32-26-23-20-17-14-11-8-5-2/h7,10,14,16-19,21,23,25-27,29-30,33,35,41,44,54H,4-6,8-9,11-13,15,20,22,24,28,31-32,34,36-40,42-43,45-53H2,1-3H3/b10-7-,17-14-,19-16-,21-18-,26-23-,27-25-,30-29-,35-33-,44-41-/t54-/m1/s1. The maximum atomic E-state index is 12.8. The minimum atomic E-state index is -0.820. The van der Waals surface area contributed by atoms with E-state index in [1.54, 1.807) is 0 Å². The molecule has 6 heteroatoms. The van der Waals surface area contributed by atoms with Crippen molar-refractivity contribution in [3.05, 3.63) is 109 Å². The van der Waals surface area contributed by atoms with Crippen LogP contribution in [0, 0.1) is 0 Å². The summed E-state index contributed by atoms with van der Waals surface area (Å²) in [5, 5.41) is 0. The second-order valence-corrected chi connectivity index (χ2v) is 16.3. The fourth-order valence-corrected chi connectivity index (χ4v) is 6.42. The average molecular weight is 873 g/mol. The van der Waals surface area contributed by atoms with Crippen LogP contribution >= 0.6 is 0 Å². The van der Waals surface area contributed by atoms with Gasteiger partial charge in [-0.25, -0.2) is 0 Å². The van der Waals surface area contributed by atoms with E-state index < -0.39 is 6.10 Å². The van der Waals surface area contributed by atoms with E-state index in [2.05, 4.69) is 118 Å². The first-order valence-electron chi connectivity index (χ1n) is 25.4. The van der Waals surface area contributed by atoms with Crippen molar-refractivity contribution in [2.75, 3.05) is 13.2 Å². The van der Waals surface area contributed by atoms with Gasteiger partial charge >= 0.3 is 17.9 Å². The molecule has 0 N–H and O–H groups in total. The van der Waals surface area contributed by atoms with Crippen molar-refractivity contribution in [1.82, 2.24) is 0 Å². The zero-order valence-corrected chi connectivity index (χ0v) is 40.5. The van der Waals surface area contributed by atoms with Crippen LogP contribution in [0.2, 0.25) is 0 Å². The Hall–Kier alpha value is -3.93. The quantitative estimate of drug-likeness (QED) is 0.0263. The van der Waals surface area contributed by atoms with Crippen molar-refractivity contribution in [2.24, 2.45) is 0 Å². The third-order valence-corrected chi connectivity index (χ3v) is 10.2. The average Bonchev–Trinajstić information content (AvgIpc) is 3.28. The van der Waals surface area contributed by atoms with Gasteiger partial charge in [0.25, 0.3) is 0 Å². The molecule has 0 aliphatic rings. The molecule has 0 amide bonds. The molecule has 0 aromatic carbocycles. The molecule has 63 heavy (non-hydrogen) atoms. The minimum Gasteiger partial charge on any atom is -0.462 e. The Bertz CT molecular complexity index is 1330. The summed E-state index contributed by atoms with van der Waals surface area (Å²) in [4.78, 5) is 37.9. The van der Waals surface area contributed by atoms with E-state index in [1.807, 2.05) is 12.2 Å². The van der Waals surface area contributed by atoms with Crippen molar-refractivity contribution in [3.63, 3.8) is 0 Å². The molecular formula is C57H92O6. The Morgan fingerprint density at radius 1 is 0.333 bits per heavy atom. The van der Waals surface area contributed by atoms with Gasteiger partial charge in [-0.2, -0.15) is 0 Å². The van der Waals surface area contributed by atoms with Crippen LogP contribution < -0.4 is 0 Å². The maximum absolute atomic E-state index is 12.8. The normalized spacial score (nSPS) is 13.0. The van der Waals surface area contributed by atoms with Gasteiger partial charge in [-0.15, -0.1) is 0 Å². The Kier molecular flexibility index (Phi) is 47.5. The molecule has 0 aliphatic heterocycles. The number of ether oxygens (including phenoxy) is 3. The highest BCUT2D eigenvalue weighted by molar-refractivity contribution is 5.71. The van der Waals surface area contributed by atoms with Crippen LogP contribution in [0.1, 0.15) is 213 Å². The Morgan fingerprint density at radius 3 is 1.13 bits per heavy atom. The lowest BCUT2D eigenvalue weighted by Crippen LogP contribution is -2.30. The predicted octanol–water partition coefficient (Wildman–Crippen LogP) is 16.8. The topological polar surface area (TPSA) is 78.9 Å². The molecule has 0 saturated carbocycles. The van der Waals surface area contributed by atoms with Crippen molar-refractivity contribution >= 4 is 17.9 Å². The SMILES string of the molecule is CC/C=C\C/C=C\C/C=C\C/C=C\C/C=C\C/C=C\CCC(=O)OC[C@@H](COC(=O)CCCCCCC/C=C\CCCCC)OC(=O)CCCCCCC/C=C\C/C=C\CCCC. The highest BCUT2D eigenvalue weighted by atomic mass is 16.6. The van der Waals surface area contributed by atoms with Crippen molar-refractivity contribution < 1.29 is 28.6 Å². The molecule has 0 fully saturated rings. The summed E-state index contributed by atoms with van der Waals surface area (Å²) < 4.78 is 16.7. The highest BCUT2D eigenvalue weighted by Gasteiger charge is 2.19. The number of hydrogen-bond acceptors (Lipinski definition) is 6. The number of esters is 3. The Balaban J connectivity index is 4.54. The fourth-order valence-electron chi connectivity index (χ4n) is 6.42. The lowest BCUT2D eigenvalue weighted by Gasteiger charge is -2.18. The molecule has 0 spiro atoms. The Morgan fingerprint density at radius 2 is 0.667 bits per heavy atom. The predicted molar refractivity (Wildman–Crippen MR) is 270 cm³/mol. The van der Waals surface area contributed by atoms with Crippen LogP contribution in [-0.2, 0) is 28.6 Å².